The van der Waals surface area contributed by atoms with Gasteiger partial charge in [-0.15, -0.1) is 0 Å². The first-order chi connectivity index (χ1) is 9.93. The molecule has 0 aliphatic carbocycles. The summed E-state index contributed by atoms with van der Waals surface area (Å²) >= 11 is 6.05. The van der Waals surface area contributed by atoms with E-state index in [0.717, 1.165) is 30.3 Å². The van der Waals surface area contributed by atoms with Gasteiger partial charge >= 0.3 is 5.63 Å². The van der Waals surface area contributed by atoms with Crippen LogP contribution in [0, 0.1) is 6.92 Å². The summed E-state index contributed by atoms with van der Waals surface area (Å²) in [5.41, 5.74) is 1.21. The van der Waals surface area contributed by atoms with Crippen LogP contribution >= 0.6 is 11.6 Å². The molecule has 0 bridgehead atoms. The number of hydrogen-bond acceptors (Lipinski definition) is 3. The normalized spacial score (nSPS) is 12.8. The van der Waals surface area contributed by atoms with Crippen LogP contribution in [0.15, 0.2) is 21.3 Å². The van der Waals surface area contributed by atoms with E-state index in [-0.39, 0.29) is 10.8 Å². The number of quaternary nitrogens is 1. The fourth-order valence-electron chi connectivity index (χ4n) is 2.49. The second kappa shape index (κ2) is 6.50. The number of nitrogens with one attached hydrogen (secondary N) is 1. The summed E-state index contributed by atoms with van der Waals surface area (Å²) in [7, 11) is 2.02. The molecule has 2 rings (SSSR count). The number of halogens is 1. The number of aryl methyl sites for hydroxylation is 1. The Morgan fingerprint density at radius 1 is 1.38 bits per heavy atom. The summed E-state index contributed by atoms with van der Waals surface area (Å²) in [5.74, 6) is -0.242. The number of fused-ring (bicyclic) bond motifs is 1. The van der Waals surface area contributed by atoms with Gasteiger partial charge in [0.05, 0.1) is 13.6 Å². The molecule has 1 N–H and O–H groups in total. The average Bonchev–Trinajstić information content (AvgIpc) is 2.43. The molecule has 1 aromatic heterocycles. The van der Waals surface area contributed by atoms with Crippen molar-refractivity contribution < 1.29 is 14.4 Å². The molecule has 21 heavy (non-hydrogen) atoms. The van der Waals surface area contributed by atoms with Gasteiger partial charge < -0.3 is 14.4 Å². The van der Waals surface area contributed by atoms with Crippen molar-refractivity contribution in [3.63, 3.8) is 0 Å². The summed E-state index contributed by atoms with van der Waals surface area (Å²) < 4.78 is 5.29. The fraction of sp³-hybridized carbons (Fsp3) is 0.438. The highest BCUT2D eigenvalue weighted by atomic mass is 35.5. The molecule has 0 fully saturated rings. The third-order valence-electron chi connectivity index (χ3n) is 3.68. The lowest BCUT2D eigenvalue weighted by molar-refractivity contribution is -0.894. The predicted octanol–water partition coefficient (Wildman–Crippen LogP) is 1.64. The monoisotopic (exact) mass is 309 g/mol. The molecule has 0 saturated carbocycles. The summed E-state index contributed by atoms with van der Waals surface area (Å²) in [4.78, 5) is 12.8. The lowest BCUT2D eigenvalue weighted by Gasteiger charge is -2.21. The van der Waals surface area contributed by atoms with Gasteiger partial charge in [0, 0.05) is 22.0 Å². The van der Waals surface area contributed by atoms with Crippen LogP contribution < -0.4 is 15.6 Å². The van der Waals surface area contributed by atoms with Crippen LogP contribution in [0.2, 0.25) is 5.02 Å². The lowest BCUT2D eigenvalue weighted by atomic mass is 10.1. The lowest BCUT2D eigenvalue weighted by Crippen LogP contribution is -3.07. The molecule has 0 radical (unpaired) electrons. The highest BCUT2D eigenvalue weighted by Gasteiger charge is 2.15. The van der Waals surface area contributed by atoms with Crippen molar-refractivity contribution in [1.29, 1.82) is 0 Å². The minimum atomic E-state index is -0.436. The Balaban J connectivity index is 2.55. The molecule has 0 amide bonds. The molecule has 0 aliphatic rings. The molecule has 114 valence electrons. The first kappa shape index (κ1) is 15.9. The molecule has 0 spiro atoms. The molecule has 1 atom stereocenters. The number of hydrogen-bond donors (Lipinski definition) is 1. The Labute approximate surface area is 128 Å². The van der Waals surface area contributed by atoms with E-state index in [1.54, 1.807) is 6.07 Å². The van der Waals surface area contributed by atoms with Crippen molar-refractivity contribution in [2.45, 2.75) is 33.2 Å². The van der Waals surface area contributed by atoms with E-state index in [1.165, 1.54) is 11.0 Å². The molecular weight excluding hydrogens is 290 g/mol. The largest absolute Gasteiger partial charge is 0.871 e. The van der Waals surface area contributed by atoms with Gasteiger partial charge in [0.25, 0.3) is 0 Å². The molecule has 1 unspecified atom stereocenters. The van der Waals surface area contributed by atoms with Crippen LogP contribution in [0.1, 0.15) is 30.9 Å². The van der Waals surface area contributed by atoms with Crippen LogP contribution in [0.3, 0.4) is 0 Å². The molecule has 1 heterocycles. The smallest absolute Gasteiger partial charge is 0.336 e. The SMILES string of the molecule is CCCC[NH+](C)Cc1c([O-])c(Cl)cc2c(C)cc(=O)oc12. The first-order valence-electron chi connectivity index (χ1n) is 7.18. The van der Waals surface area contributed by atoms with Gasteiger partial charge in [0.2, 0.25) is 0 Å². The van der Waals surface area contributed by atoms with Crippen molar-refractivity contribution >= 4 is 22.6 Å². The molecule has 2 aromatic rings. The Bertz CT molecular complexity index is 709. The number of rotatable bonds is 5. The topological polar surface area (TPSA) is 57.7 Å². The first-order valence-corrected chi connectivity index (χ1v) is 7.56. The Morgan fingerprint density at radius 2 is 2.10 bits per heavy atom. The van der Waals surface area contributed by atoms with E-state index in [4.69, 9.17) is 16.0 Å². The van der Waals surface area contributed by atoms with Crippen LogP contribution in [0.25, 0.3) is 11.0 Å². The van der Waals surface area contributed by atoms with E-state index in [9.17, 15) is 9.90 Å². The van der Waals surface area contributed by atoms with Crippen LogP contribution in [-0.2, 0) is 6.54 Å². The third-order valence-corrected chi connectivity index (χ3v) is 3.96. The molecular formula is C16H20ClNO3. The van der Waals surface area contributed by atoms with Gasteiger partial charge in [0.15, 0.2) is 0 Å². The Morgan fingerprint density at radius 3 is 2.76 bits per heavy atom. The van der Waals surface area contributed by atoms with Crippen molar-refractivity contribution in [3.8, 4) is 5.75 Å². The summed E-state index contributed by atoms with van der Waals surface area (Å²) in [5, 5.41) is 13.2. The van der Waals surface area contributed by atoms with E-state index < -0.39 is 5.63 Å². The maximum atomic E-state index is 12.3. The summed E-state index contributed by atoms with van der Waals surface area (Å²) in [6, 6.07) is 3.00. The molecule has 5 heteroatoms. The maximum absolute atomic E-state index is 12.3. The van der Waals surface area contributed by atoms with Gasteiger partial charge in [0.1, 0.15) is 12.1 Å². The van der Waals surface area contributed by atoms with Crippen molar-refractivity contribution in [2.75, 3.05) is 13.6 Å². The Kier molecular flexibility index (Phi) is 4.91. The van der Waals surface area contributed by atoms with Gasteiger partial charge in [-0.1, -0.05) is 30.7 Å². The van der Waals surface area contributed by atoms with E-state index in [1.807, 2.05) is 14.0 Å². The van der Waals surface area contributed by atoms with Gasteiger partial charge in [-0.05, 0) is 25.0 Å². The minimum Gasteiger partial charge on any atom is -0.871 e. The molecule has 1 aromatic carbocycles. The van der Waals surface area contributed by atoms with Crippen molar-refractivity contribution in [2.24, 2.45) is 0 Å². The second-order valence-electron chi connectivity index (χ2n) is 5.53. The van der Waals surface area contributed by atoms with Crippen LogP contribution in [-0.4, -0.2) is 13.6 Å². The second-order valence-corrected chi connectivity index (χ2v) is 5.94. The molecule has 4 nitrogen and oxygen atoms in total. The Hall–Kier alpha value is -1.52. The van der Waals surface area contributed by atoms with E-state index in [2.05, 4.69) is 6.92 Å². The predicted molar refractivity (Wildman–Crippen MR) is 82.0 cm³/mol. The average molecular weight is 310 g/mol. The zero-order valence-electron chi connectivity index (χ0n) is 12.6. The minimum absolute atomic E-state index is 0.178. The van der Waals surface area contributed by atoms with Gasteiger partial charge in [-0.25, -0.2) is 4.79 Å². The zero-order valence-corrected chi connectivity index (χ0v) is 13.3. The maximum Gasteiger partial charge on any atom is 0.336 e. The van der Waals surface area contributed by atoms with Gasteiger partial charge in [-0.3, -0.25) is 0 Å². The number of benzene rings is 1. The number of unbranched alkanes of at least 4 members (excludes halogenated alkanes) is 1. The standard InChI is InChI=1S/C16H20ClNO3/c1-4-5-6-18(3)9-12-15(20)13(17)8-11-10(2)7-14(19)21-16(11)12/h7-8,20H,4-6,9H2,1-3H3. The summed E-state index contributed by atoms with van der Waals surface area (Å²) in [6.45, 7) is 5.41. The fourth-order valence-corrected chi connectivity index (χ4v) is 2.71. The van der Waals surface area contributed by atoms with Crippen LogP contribution in [0.4, 0.5) is 0 Å². The quantitative estimate of drug-likeness (QED) is 0.854. The molecule has 0 saturated heterocycles. The zero-order chi connectivity index (χ0) is 15.6. The van der Waals surface area contributed by atoms with Gasteiger partial charge in [-0.2, -0.15) is 0 Å². The molecule has 0 aliphatic heterocycles. The van der Waals surface area contributed by atoms with E-state index in [0.29, 0.717) is 17.7 Å². The highest BCUT2D eigenvalue weighted by Crippen LogP contribution is 2.32. The summed E-state index contributed by atoms with van der Waals surface area (Å²) in [6.07, 6.45) is 2.19. The van der Waals surface area contributed by atoms with Crippen LogP contribution in [0.5, 0.6) is 5.75 Å². The van der Waals surface area contributed by atoms with Crippen molar-refractivity contribution in [1.82, 2.24) is 0 Å². The highest BCUT2D eigenvalue weighted by molar-refractivity contribution is 6.33. The third kappa shape index (κ3) is 3.39. The van der Waals surface area contributed by atoms with Crippen molar-refractivity contribution in [3.05, 3.63) is 38.7 Å². The van der Waals surface area contributed by atoms with E-state index >= 15 is 0 Å².